The third kappa shape index (κ3) is 5.52. The van der Waals surface area contributed by atoms with Gasteiger partial charge < -0.3 is 9.64 Å². The van der Waals surface area contributed by atoms with Crippen LogP contribution in [0.4, 0.5) is 18.3 Å². The molecule has 1 aliphatic rings. The molecule has 2 atom stereocenters. The number of aromatic nitrogens is 1. The molecule has 0 N–H and O–H groups in total. The minimum atomic E-state index is -4.36. The Balaban J connectivity index is 1.45. The first-order valence-electron chi connectivity index (χ1n) is 11.4. The molecule has 1 aromatic heterocycles. The van der Waals surface area contributed by atoms with E-state index in [1.54, 1.807) is 6.92 Å². The second-order valence-electron chi connectivity index (χ2n) is 8.76. The van der Waals surface area contributed by atoms with Crippen molar-refractivity contribution < 1.29 is 22.7 Å². The molecule has 1 saturated heterocycles. The minimum absolute atomic E-state index is 0.154. The van der Waals surface area contributed by atoms with Crippen molar-refractivity contribution >= 4 is 32.7 Å². The van der Waals surface area contributed by atoms with Crippen LogP contribution >= 0.6 is 11.3 Å². The molecule has 3 aromatic rings. The van der Waals surface area contributed by atoms with Gasteiger partial charge in [0.25, 0.3) is 0 Å². The van der Waals surface area contributed by atoms with Gasteiger partial charge in [-0.25, -0.2) is 4.98 Å². The van der Waals surface area contributed by atoms with Crippen LogP contribution in [0.3, 0.4) is 0 Å². The topological polar surface area (TPSA) is 45.7 Å². The number of rotatable bonds is 6. The van der Waals surface area contributed by atoms with Crippen LogP contribution in [0, 0.1) is 0 Å². The molecule has 182 valence electrons. The molecule has 1 fully saturated rings. The summed E-state index contributed by atoms with van der Waals surface area (Å²) in [7, 11) is 0. The number of carbonyl (C=O) groups excluding carboxylic acids is 1. The summed E-state index contributed by atoms with van der Waals surface area (Å²) in [4.78, 5) is 21.0. The Labute approximate surface area is 201 Å². The zero-order valence-corrected chi connectivity index (χ0v) is 20.2. The fourth-order valence-electron chi connectivity index (χ4n) is 4.35. The zero-order chi connectivity index (χ0) is 24.5. The first-order valence-corrected chi connectivity index (χ1v) is 12.2. The van der Waals surface area contributed by atoms with Crippen molar-refractivity contribution in [2.75, 3.05) is 24.6 Å². The lowest BCUT2D eigenvalue weighted by molar-refractivity contribution is -0.142. The lowest BCUT2D eigenvalue weighted by Crippen LogP contribution is -2.56. The first-order chi connectivity index (χ1) is 16.1. The Hall–Kier alpha value is -2.65. The number of esters is 1. The number of nitrogens with zero attached hydrogens (tertiary/aromatic N) is 3. The number of halogens is 3. The summed E-state index contributed by atoms with van der Waals surface area (Å²) in [5.74, 6) is -0.228. The van der Waals surface area contributed by atoms with E-state index in [9.17, 15) is 18.0 Å². The second kappa shape index (κ2) is 9.92. The molecular weight excluding hydrogens is 463 g/mol. The van der Waals surface area contributed by atoms with Gasteiger partial charge in [-0.3, -0.25) is 9.69 Å². The number of thiazole rings is 1. The van der Waals surface area contributed by atoms with Crippen LogP contribution in [0.2, 0.25) is 0 Å². The van der Waals surface area contributed by atoms with Crippen LogP contribution in [-0.2, 0) is 28.7 Å². The maximum atomic E-state index is 13.1. The van der Waals surface area contributed by atoms with Crippen LogP contribution in [-0.4, -0.2) is 47.6 Å². The molecular formula is C25H28F3N3O2S. The lowest BCUT2D eigenvalue weighted by atomic mass is 10.0. The molecule has 0 spiro atoms. The van der Waals surface area contributed by atoms with Crippen LogP contribution < -0.4 is 4.90 Å². The molecule has 1 aliphatic heterocycles. The van der Waals surface area contributed by atoms with Gasteiger partial charge in [-0.15, -0.1) is 0 Å². The molecule has 0 saturated carbocycles. The van der Waals surface area contributed by atoms with Crippen LogP contribution in [0.5, 0.6) is 0 Å². The van der Waals surface area contributed by atoms with E-state index in [0.29, 0.717) is 16.8 Å². The highest BCUT2D eigenvalue weighted by atomic mass is 32.1. The summed E-state index contributed by atoms with van der Waals surface area (Å²) >= 11 is 1.31. The number of piperazine rings is 1. The highest BCUT2D eigenvalue weighted by molar-refractivity contribution is 7.22. The van der Waals surface area contributed by atoms with Crippen LogP contribution in [0.15, 0.2) is 42.5 Å². The Morgan fingerprint density at radius 1 is 1.12 bits per heavy atom. The summed E-state index contributed by atoms with van der Waals surface area (Å²) in [5, 5.41) is 0.754. The average molecular weight is 492 g/mol. The standard InChI is InChI=1S/C25H28F3N3O2S/c1-4-33-23(32)11-18-6-5-7-19(10-18)15-30-13-17(3)31(14-16(30)2)24-29-21-9-8-20(25(26,27)28)12-22(21)34-24/h5-10,12,16-17H,4,11,13-15H2,1-3H3. The first kappa shape index (κ1) is 24.5. The van der Waals surface area contributed by atoms with E-state index in [-0.39, 0.29) is 24.5 Å². The fraction of sp³-hybridized carbons (Fsp3) is 0.440. The summed E-state index contributed by atoms with van der Waals surface area (Å²) in [5.41, 5.74) is 2.01. The van der Waals surface area contributed by atoms with Gasteiger partial charge in [0.05, 0.1) is 28.8 Å². The summed E-state index contributed by atoms with van der Waals surface area (Å²) in [6.45, 7) is 8.72. The second-order valence-corrected chi connectivity index (χ2v) is 9.77. The largest absolute Gasteiger partial charge is 0.466 e. The highest BCUT2D eigenvalue weighted by Gasteiger charge is 2.33. The zero-order valence-electron chi connectivity index (χ0n) is 19.4. The van der Waals surface area contributed by atoms with E-state index in [2.05, 4.69) is 34.7 Å². The Bertz CT molecular complexity index is 1160. The number of hydrogen-bond donors (Lipinski definition) is 0. The number of carbonyl (C=O) groups is 1. The van der Waals surface area contributed by atoms with Crippen LogP contribution in [0.1, 0.15) is 37.5 Å². The van der Waals surface area contributed by atoms with E-state index in [1.165, 1.54) is 23.5 Å². The molecule has 4 rings (SSSR count). The van der Waals surface area contributed by atoms with Crippen molar-refractivity contribution in [2.24, 2.45) is 0 Å². The maximum Gasteiger partial charge on any atom is 0.416 e. The normalized spacial score (nSPS) is 19.5. The fourth-order valence-corrected chi connectivity index (χ4v) is 5.46. The van der Waals surface area contributed by atoms with Crippen molar-refractivity contribution in [3.05, 3.63) is 59.2 Å². The van der Waals surface area contributed by atoms with Gasteiger partial charge in [0.1, 0.15) is 0 Å². The van der Waals surface area contributed by atoms with Crippen molar-refractivity contribution in [1.29, 1.82) is 0 Å². The van der Waals surface area contributed by atoms with Crippen molar-refractivity contribution in [2.45, 2.75) is 52.0 Å². The van der Waals surface area contributed by atoms with E-state index in [0.717, 1.165) is 42.0 Å². The molecule has 0 radical (unpaired) electrons. The SMILES string of the molecule is CCOC(=O)Cc1cccc(CN2CC(C)N(c3nc4ccc(C(F)(F)F)cc4s3)CC2C)c1. The number of ether oxygens (including phenoxy) is 1. The molecule has 2 aromatic carbocycles. The summed E-state index contributed by atoms with van der Waals surface area (Å²) < 4.78 is 44.8. The predicted octanol–water partition coefficient (Wildman–Crippen LogP) is 5.52. The third-order valence-electron chi connectivity index (χ3n) is 6.10. The van der Waals surface area contributed by atoms with Gasteiger partial charge in [0, 0.05) is 31.7 Å². The van der Waals surface area contributed by atoms with Gasteiger partial charge >= 0.3 is 12.1 Å². The Morgan fingerprint density at radius 2 is 1.88 bits per heavy atom. The molecule has 2 unspecified atom stereocenters. The molecule has 2 heterocycles. The van der Waals surface area contributed by atoms with Gasteiger partial charge in [-0.2, -0.15) is 13.2 Å². The molecule has 0 aliphatic carbocycles. The Morgan fingerprint density at radius 3 is 2.62 bits per heavy atom. The van der Waals surface area contributed by atoms with Gasteiger partial charge in [-0.1, -0.05) is 35.6 Å². The number of fused-ring (bicyclic) bond motifs is 1. The van der Waals surface area contributed by atoms with Gasteiger partial charge in [0.15, 0.2) is 5.13 Å². The number of hydrogen-bond acceptors (Lipinski definition) is 6. The molecule has 34 heavy (non-hydrogen) atoms. The smallest absolute Gasteiger partial charge is 0.416 e. The monoisotopic (exact) mass is 491 g/mol. The van der Waals surface area contributed by atoms with Crippen molar-refractivity contribution in [3.8, 4) is 0 Å². The summed E-state index contributed by atoms with van der Waals surface area (Å²) in [6.07, 6.45) is -4.10. The number of anilines is 1. The van der Waals surface area contributed by atoms with E-state index in [1.807, 2.05) is 18.2 Å². The van der Waals surface area contributed by atoms with Crippen LogP contribution in [0.25, 0.3) is 10.2 Å². The average Bonchev–Trinajstić information content (AvgIpc) is 3.19. The molecule has 5 nitrogen and oxygen atoms in total. The Kier molecular flexibility index (Phi) is 7.14. The predicted molar refractivity (Wildman–Crippen MR) is 128 cm³/mol. The van der Waals surface area contributed by atoms with E-state index in [4.69, 9.17) is 4.74 Å². The lowest BCUT2D eigenvalue weighted by Gasteiger charge is -2.44. The van der Waals surface area contributed by atoms with Gasteiger partial charge in [-0.05, 0) is 50.1 Å². The molecule has 0 bridgehead atoms. The van der Waals surface area contributed by atoms with Gasteiger partial charge in [0.2, 0.25) is 0 Å². The minimum Gasteiger partial charge on any atom is -0.466 e. The number of benzene rings is 2. The maximum absolute atomic E-state index is 13.1. The number of alkyl halides is 3. The van der Waals surface area contributed by atoms with E-state index < -0.39 is 11.7 Å². The van der Waals surface area contributed by atoms with Crippen molar-refractivity contribution in [1.82, 2.24) is 9.88 Å². The highest BCUT2D eigenvalue weighted by Crippen LogP contribution is 2.36. The molecule has 0 amide bonds. The summed E-state index contributed by atoms with van der Waals surface area (Å²) in [6, 6.07) is 12.1. The quantitative estimate of drug-likeness (QED) is 0.425. The van der Waals surface area contributed by atoms with Crippen molar-refractivity contribution in [3.63, 3.8) is 0 Å². The molecule has 9 heteroatoms. The van der Waals surface area contributed by atoms with E-state index >= 15 is 0 Å². The third-order valence-corrected chi connectivity index (χ3v) is 7.15.